The zero-order chi connectivity index (χ0) is 26.9. The zero-order valence-corrected chi connectivity index (χ0v) is 22.9. The van der Waals surface area contributed by atoms with Gasteiger partial charge in [-0.3, -0.25) is 4.79 Å². The maximum Gasteiger partial charge on any atom is 0.508 e. The van der Waals surface area contributed by atoms with E-state index in [4.69, 9.17) is 19.2 Å². The molecule has 2 heterocycles. The first-order chi connectivity index (χ1) is 18.5. The molecule has 0 bridgehead atoms. The number of aromatic nitrogens is 1. The number of para-hydroxylation sites is 1. The SMILES string of the molecule is COC(=O)OCCOc1cc(C(=O)N(C(C)C)[C@@H]2CCCNC2)nc2c(OCC3CCCCC3)cccc12. The van der Waals surface area contributed by atoms with Crippen LogP contribution in [0.4, 0.5) is 4.79 Å². The summed E-state index contributed by atoms with van der Waals surface area (Å²) < 4.78 is 21.8. The minimum absolute atomic E-state index is 0.0144. The number of nitrogens with one attached hydrogen (secondary N) is 1. The number of amides is 1. The Morgan fingerprint density at radius 2 is 1.87 bits per heavy atom. The highest BCUT2D eigenvalue weighted by Crippen LogP contribution is 2.34. The van der Waals surface area contributed by atoms with Gasteiger partial charge in [0.25, 0.3) is 5.91 Å². The summed E-state index contributed by atoms with van der Waals surface area (Å²) in [5.41, 5.74) is 0.915. The van der Waals surface area contributed by atoms with Gasteiger partial charge in [0, 0.05) is 30.1 Å². The van der Waals surface area contributed by atoms with Gasteiger partial charge in [-0.25, -0.2) is 9.78 Å². The van der Waals surface area contributed by atoms with Crippen LogP contribution in [-0.2, 0) is 9.47 Å². The molecule has 2 aromatic rings. The molecule has 4 rings (SSSR count). The van der Waals surface area contributed by atoms with Crippen molar-refractivity contribution in [3.8, 4) is 11.5 Å². The first-order valence-corrected chi connectivity index (χ1v) is 13.9. The van der Waals surface area contributed by atoms with Crippen LogP contribution in [-0.4, -0.2) is 74.1 Å². The molecule has 0 spiro atoms. The maximum atomic E-state index is 13.9. The van der Waals surface area contributed by atoms with Gasteiger partial charge in [0.1, 0.15) is 35.9 Å². The molecule has 2 aliphatic rings. The Morgan fingerprint density at radius 3 is 2.58 bits per heavy atom. The second-order valence-electron chi connectivity index (χ2n) is 10.4. The number of carbonyl (C=O) groups is 2. The minimum atomic E-state index is -0.767. The van der Waals surface area contributed by atoms with Gasteiger partial charge in [0.15, 0.2) is 0 Å². The van der Waals surface area contributed by atoms with Crippen molar-refractivity contribution in [2.75, 3.05) is 40.0 Å². The Balaban J connectivity index is 1.64. The standard InChI is InChI=1S/C29H41N3O6/c1-20(2)32(22-11-8-14-30-18-22)28(33)24-17-26(36-15-16-37-29(34)35-3)23-12-7-13-25(27(23)31-24)38-19-21-9-5-4-6-10-21/h7,12-13,17,20-22,30H,4-6,8-11,14-16,18-19H2,1-3H3/t22-/m1/s1. The number of methoxy groups -OCH3 is 1. The number of carbonyl (C=O) groups excluding carboxylic acids is 2. The van der Waals surface area contributed by atoms with Gasteiger partial charge in [-0.1, -0.05) is 25.3 Å². The lowest BCUT2D eigenvalue weighted by molar-refractivity contribution is 0.0567. The van der Waals surface area contributed by atoms with Crippen molar-refractivity contribution >= 4 is 23.0 Å². The summed E-state index contributed by atoms with van der Waals surface area (Å²) in [5.74, 6) is 1.55. The molecular formula is C29H41N3O6. The van der Waals surface area contributed by atoms with E-state index in [0.29, 0.717) is 35.2 Å². The number of nitrogens with zero attached hydrogens (tertiary/aromatic N) is 2. The number of pyridine rings is 1. The van der Waals surface area contributed by atoms with Crippen LogP contribution in [0.2, 0.25) is 0 Å². The zero-order valence-electron chi connectivity index (χ0n) is 22.9. The molecule has 208 valence electrons. The van der Waals surface area contributed by atoms with E-state index in [1.165, 1.54) is 39.2 Å². The van der Waals surface area contributed by atoms with Crippen LogP contribution in [0, 0.1) is 5.92 Å². The molecule has 1 saturated carbocycles. The van der Waals surface area contributed by atoms with E-state index in [1.54, 1.807) is 6.07 Å². The number of benzene rings is 1. The van der Waals surface area contributed by atoms with Crippen molar-refractivity contribution in [3.05, 3.63) is 30.0 Å². The average Bonchev–Trinajstić information content (AvgIpc) is 2.94. The molecule has 38 heavy (non-hydrogen) atoms. The van der Waals surface area contributed by atoms with Gasteiger partial charge >= 0.3 is 6.16 Å². The summed E-state index contributed by atoms with van der Waals surface area (Å²) in [6.45, 7) is 6.56. The number of ether oxygens (including phenoxy) is 4. The number of piperidine rings is 1. The van der Waals surface area contributed by atoms with E-state index in [2.05, 4.69) is 10.1 Å². The van der Waals surface area contributed by atoms with Gasteiger partial charge in [-0.15, -0.1) is 0 Å². The lowest BCUT2D eigenvalue weighted by Crippen LogP contribution is -2.51. The summed E-state index contributed by atoms with van der Waals surface area (Å²) in [4.78, 5) is 32.0. The molecular weight excluding hydrogens is 486 g/mol. The average molecular weight is 528 g/mol. The Labute approximate surface area is 225 Å². The van der Waals surface area contributed by atoms with Crippen molar-refractivity contribution in [1.82, 2.24) is 15.2 Å². The van der Waals surface area contributed by atoms with Crippen molar-refractivity contribution in [3.63, 3.8) is 0 Å². The molecule has 9 nitrogen and oxygen atoms in total. The summed E-state index contributed by atoms with van der Waals surface area (Å²) >= 11 is 0. The number of hydrogen-bond acceptors (Lipinski definition) is 8. The van der Waals surface area contributed by atoms with E-state index in [0.717, 1.165) is 31.3 Å². The van der Waals surface area contributed by atoms with Crippen LogP contribution in [0.5, 0.6) is 11.5 Å². The second-order valence-corrected chi connectivity index (χ2v) is 10.4. The second kappa shape index (κ2) is 13.6. The van der Waals surface area contributed by atoms with E-state index in [-0.39, 0.29) is 31.2 Å². The summed E-state index contributed by atoms with van der Waals surface area (Å²) in [6, 6.07) is 7.53. The largest absolute Gasteiger partial charge is 0.508 e. The fraction of sp³-hybridized carbons (Fsp3) is 0.621. The highest BCUT2D eigenvalue weighted by Gasteiger charge is 2.30. The molecule has 1 aliphatic heterocycles. The molecule has 2 fully saturated rings. The summed E-state index contributed by atoms with van der Waals surface area (Å²) in [6.07, 6.45) is 7.34. The Morgan fingerprint density at radius 1 is 1.05 bits per heavy atom. The van der Waals surface area contributed by atoms with Gasteiger partial charge < -0.3 is 29.2 Å². The normalized spacial score (nSPS) is 18.3. The summed E-state index contributed by atoms with van der Waals surface area (Å²) in [7, 11) is 1.26. The van der Waals surface area contributed by atoms with Crippen LogP contribution < -0.4 is 14.8 Å². The number of rotatable bonds is 10. The van der Waals surface area contributed by atoms with Crippen molar-refractivity contribution in [1.29, 1.82) is 0 Å². The summed E-state index contributed by atoms with van der Waals surface area (Å²) in [5, 5.41) is 4.16. The van der Waals surface area contributed by atoms with Gasteiger partial charge in [-0.2, -0.15) is 0 Å². The monoisotopic (exact) mass is 527 g/mol. The molecule has 1 aliphatic carbocycles. The molecule has 1 aromatic heterocycles. The number of fused-ring (bicyclic) bond motifs is 1. The molecule has 1 aromatic carbocycles. The van der Waals surface area contributed by atoms with Crippen molar-refractivity contribution in [2.24, 2.45) is 5.92 Å². The Bertz CT molecular complexity index is 1080. The van der Waals surface area contributed by atoms with Crippen LogP contribution in [0.1, 0.15) is 69.3 Å². The Kier molecular flexibility index (Phi) is 10.0. The van der Waals surface area contributed by atoms with E-state index in [9.17, 15) is 9.59 Å². The predicted molar refractivity (Wildman–Crippen MR) is 145 cm³/mol. The fourth-order valence-electron chi connectivity index (χ4n) is 5.46. The van der Waals surface area contributed by atoms with E-state index in [1.807, 2.05) is 36.9 Å². The van der Waals surface area contributed by atoms with Crippen LogP contribution in [0.25, 0.3) is 10.9 Å². The minimum Gasteiger partial charge on any atom is -0.491 e. The van der Waals surface area contributed by atoms with Crippen LogP contribution >= 0.6 is 0 Å². The van der Waals surface area contributed by atoms with Gasteiger partial charge in [-0.05, 0) is 64.1 Å². The smallest absolute Gasteiger partial charge is 0.491 e. The molecule has 9 heteroatoms. The molecule has 1 amide bonds. The van der Waals surface area contributed by atoms with E-state index >= 15 is 0 Å². The fourth-order valence-corrected chi connectivity index (χ4v) is 5.46. The number of hydrogen-bond donors (Lipinski definition) is 1. The van der Waals surface area contributed by atoms with Crippen LogP contribution in [0.3, 0.4) is 0 Å². The third-order valence-electron chi connectivity index (χ3n) is 7.37. The van der Waals surface area contributed by atoms with Gasteiger partial charge in [0.05, 0.1) is 13.7 Å². The molecule has 0 unspecified atom stereocenters. The van der Waals surface area contributed by atoms with Crippen LogP contribution in [0.15, 0.2) is 24.3 Å². The lowest BCUT2D eigenvalue weighted by atomic mass is 9.90. The molecule has 1 saturated heterocycles. The molecule has 1 N–H and O–H groups in total. The molecule has 1 atom stereocenters. The van der Waals surface area contributed by atoms with Crippen molar-refractivity contribution in [2.45, 2.75) is 70.9 Å². The first-order valence-electron chi connectivity index (χ1n) is 13.9. The molecule has 0 radical (unpaired) electrons. The quantitative estimate of drug-likeness (QED) is 0.342. The predicted octanol–water partition coefficient (Wildman–Crippen LogP) is 4.96. The maximum absolute atomic E-state index is 13.9. The van der Waals surface area contributed by atoms with Gasteiger partial charge in [0.2, 0.25) is 0 Å². The third kappa shape index (κ3) is 7.07. The highest BCUT2D eigenvalue weighted by atomic mass is 16.7. The van der Waals surface area contributed by atoms with Crippen molar-refractivity contribution < 1.29 is 28.5 Å². The van der Waals surface area contributed by atoms with E-state index < -0.39 is 6.16 Å². The third-order valence-corrected chi connectivity index (χ3v) is 7.37. The topological polar surface area (TPSA) is 99.2 Å². The lowest BCUT2D eigenvalue weighted by Gasteiger charge is -2.37. The Hall–Kier alpha value is -3.07. The highest BCUT2D eigenvalue weighted by molar-refractivity contribution is 5.98. The first kappa shape index (κ1) is 28.0.